The third-order valence-electron chi connectivity index (χ3n) is 4.25. The highest BCUT2D eigenvalue weighted by molar-refractivity contribution is 9.10. The predicted octanol–water partition coefficient (Wildman–Crippen LogP) is 6.09. The number of aryl methyl sites for hydroxylation is 1. The fourth-order valence-electron chi connectivity index (χ4n) is 3.00. The van der Waals surface area contributed by atoms with Crippen LogP contribution in [0.1, 0.15) is 40.5 Å². The number of nitrogens with zero attached hydrogens (tertiary/aromatic N) is 2. The van der Waals surface area contributed by atoms with Gasteiger partial charge >= 0.3 is 0 Å². The lowest BCUT2D eigenvalue weighted by Crippen LogP contribution is -2.33. The van der Waals surface area contributed by atoms with E-state index >= 15 is 0 Å². The summed E-state index contributed by atoms with van der Waals surface area (Å²) in [7, 11) is 0. The van der Waals surface area contributed by atoms with Crippen LogP contribution in [-0.2, 0) is 13.2 Å². The molecule has 0 radical (unpaired) electrons. The van der Waals surface area contributed by atoms with Gasteiger partial charge in [0, 0.05) is 22.0 Å². The molecule has 1 aromatic heterocycles. The molecule has 29 heavy (non-hydrogen) atoms. The monoisotopic (exact) mass is 472 g/mol. The van der Waals surface area contributed by atoms with Crippen LogP contribution in [0.3, 0.4) is 0 Å². The van der Waals surface area contributed by atoms with Gasteiger partial charge in [-0.15, -0.1) is 11.3 Å². The van der Waals surface area contributed by atoms with Crippen molar-refractivity contribution in [3.05, 3.63) is 80.2 Å². The lowest BCUT2D eigenvalue weighted by Gasteiger charge is -2.24. The molecule has 0 aliphatic carbocycles. The summed E-state index contributed by atoms with van der Waals surface area (Å²) in [5, 5.41) is 2.91. The molecule has 2 aromatic carbocycles. The average Bonchev–Trinajstić information content (AvgIpc) is 3.12. The van der Waals surface area contributed by atoms with Crippen LogP contribution in [0.25, 0.3) is 0 Å². The van der Waals surface area contributed by atoms with Crippen molar-refractivity contribution in [2.24, 2.45) is 5.92 Å². The van der Waals surface area contributed by atoms with Gasteiger partial charge in [0.25, 0.3) is 5.91 Å². The van der Waals surface area contributed by atoms with Crippen molar-refractivity contribution in [1.29, 1.82) is 0 Å². The van der Waals surface area contributed by atoms with E-state index in [4.69, 9.17) is 4.74 Å². The minimum Gasteiger partial charge on any atom is -0.486 e. The van der Waals surface area contributed by atoms with Crippen molar-refractivity contribution in [2.75, 3.05) is 6.54 Å². The number of halogens is 1. The largest absolute Gasteiger partial charge is 0.486 e. The summed E-state index contributed by atoms with van der Waals surface area (Å²) in [6.45, 7) is 7.87. The van der Waals surface area contributed by atoms with Gasteiger partial charge in [-0.25, -0.2) is 4.98 Å². The molecule has 152 valence electrons. The summed E-state index contributed by atoms with van der Waals surface area (Å²) in [5.41, 5.74) is 2.73. The molecule has 3 aromatic rings. The van der Waals surface area contributed by atoms with Crippen LogP contribution in [0, 0.1) is 12.8 Å². The first-order chi connectivity index (χ1) is 13.9. The molecule has 0 unspecified atom stereocenters. The molecule has 0 N–H and O–H groups in total. The number of ether oxygens (including phenoxy) is 1. The standard InChI is InChI=1S/C23H25BrN2O2S/c1-16(2)12-26(23(27)18-7-5-8-19(24)11-18)13-20-15-29-22(25-20)14-28-21-9-4-6-17(3)10-21/h4-11,15-16H,12-14H2,1-3H3. The maximum atomic E-state index is 13.0. The Labute approximate surface area is 184 Å². The van der Waals surface area contributed by atoms with Crippen LogP contribution >= 0.6 is 27.3 Å². The van der Waals surface area contributed by atoms with E-state index < -0.39 is 0 Å². The second kappa shape index (κ2) is 10.0. The van der Waals surface area contributed by atoms with Crippen LogP contribution in [0.2, 0.25) is 0 Å². The van der Waals surface area contributed by atoms with E-state index in [1.807, 2.05) is 65.7 Å². The van der Waals surface area contributed by atoms with Gasteiger partial charge in [0.05, 0.1) is 12.2 Å². The highest BCUT2D eigenvalue weighted by atomic mass is 79.9. The van der Waals surface area contributed by atoms with Crippen LogP contribution < -0.4 is 4.74 Å². The average molecular weight is 473 g/mol. The van der Waals surface area contributed by atoms with Crippen LogP contribution in [0.15, 0.2) is 58.4 Å². The Kier molecular flexibility index (Phi) is 7.45. The predicted molar refractivity (Wildman–Crippen MR) is 121 cm³/mol. The normalized spacial score (nSPS) is 10.9. The topological polar surface area (TPSA) is 42.4 Å². The summed E-state index contributed by atoms with van der Waals surface area (Å²) in [4.78, 5) is 19.6. The fraction of sp³-hybridized carbons (Fsp3) is 0.304. The van der Waals surface area contributed by atoms with Crippen molar-refractivity contribution in [3.8, 4) is 5.75 Å². The van der Waals surface area contributed by atoms with Gasteiger partial charge in [0.2, 0.25) is 0 Å². The Hall–Kier alpha value is -2.18. The van der Waals surface area contributed by atoms with E-state index in [0.717, 1.165) is 26.5 Å². The maximum Gasteiger partial charge on any atom is 0.254 e. The summed E-state index contributed by atoms with van der Waals surface area (Å²) in [6.07, 6.45) is 0. The third kappa shape index (κ3) is 6.41. The molecular formula is C23H25BrN2O2S. The molecule has 0 aliphatic heterocycles. The van der Waals surface area contributed by atoms with E-state index in [9.17, 15) is 4.79 Å². The van der Waals surface area contributed by atoms with Gasteiger partial charge < -0.3 is 9.64 Å². The molecule has 0 atom stereocenters. The number of hydrogen-bond acceptors (Lipinski definition) is 4. The van der Waals surface area contributed by atoms with Crippen molar-refractivity contribution >= 4 is 33.2 Å². The number of benzene rings is 2. The SMILES string of the molecule is Cc1cccc(OCc2nc(CN(CC(C)C)C(=O)c3cccc(Br)c3)cs2)c1. The highest BCUT2D eigenvalue weighted by Crippen LogP contribution is 2.19. The molecule has 4 nitrogen and oxygen atoms in total. The van der Waals surface area contributed by atoms with Gasteiger partial charge in [-0.05, 0) is 48.7 Å². The Morgan fingerprint density at radius 3 is 2.72 bits per heavy atom. The molecule has 3 rings (SSSR count). The number of aromatic nitrogens is 1. The summed E-state index contributed by atoms with van der Waals surface area (Å²) >= 11 is 5.01. The quantitative estimate of drug-likeness (QED) is 0.398. The lowest BCUT2D eigenvalue weighted by atomic mass is 10.1. The van der Waals surface area contributed by atoms with Gasteiger partial charge in [-0.2, -0.15) is 0 Å². The Balaban J connectivity index is 1.67. The number of carbonyl (C=O) groups excluding carboxylic acids is 1. The van der Waals surface area contributed by atoms with Gasteiger partial charge in [-0.1, -0.05) is 48.0 Å². The van der Waals surface area contributed by atoms with E-state index in [2.05, 4.69) is 34.8 Å². The maximum absolute atomic E-state index is 13.0. The first kappa shape index (κ1) is 21.5. The molecule has 0 bridgehead atoms. The van der Waals surface area contributed by atoms with Gasteiger partial charge in [0.15, 0.2) is 0 Å². The number of hydrogen-bond donors (Lipinski definition) is 0. The number of thiazole rings is 1. The summed E-state index contributed by atoms with van der Waals surface area (Å²) in [5.74, 6) is 1.23. The zero-order valence-corrected chi connectivity index (χ0v) is 19.3. The van der Waals surface area contributed by atoms with Gasteiger partial charge in [-0.3, -0.25) is 4.79 Å². The van der Waals surface area contributed by atoms with Crippen molar-refractivity contribution in [3.63, 3.8) is 0 Å². The second-order valence-electron chi connectivity index (χ2n) is 7.43. The van der Waals surface area contributed by atoms with Crippen LogP contribution in [-0.4, -0.2) is 22.3 Å². The minimum atomic E-state index is 0.0190. The zero-order valence-electron chi connectivity index (χ0n) is 16.9. The summed E-state index contributed by atoms with van der Waals surface area (Å²) in [6, 6.07) is 15.5. The molecular weight excluding hydrogens is 448 g/mol. The molecule has 1 amide bonds. The van der Waals surface area contributed by atoms with E-state index in [1.165, 1.54) is 0 Å². The van der Waals surface area contributed by atoms with E-state index in [1.54, 1.807) is 11.3 Å². The van der Waals surface area contributed by atoms with Crippen LogP contribution in [0.4, 0.5) is 0 Å². The molecule has 0 aliphatic rings. The Bertz CT molecular complexity index is 971. The second-order valence-corrected chi connectivity index (χ2v) is 9.29. The Morgan fingerprint density at radius 2 is 2.00 bits per heavy atom. The van der Waals surface area contributed by atoms with Crippen LogP contribution in [0.5, 0.6) is 5.75 Å². The van der Waals surface area contributed by atoms with Crippen molar-refractivity contribution in [2.45, 2.75) is 33.9 Å². The zero-order chi connectivity index (χ0) is 20.8. The van der Waals surface area contributed by atoms with Crippen molar-refractivity contribution in [1.82, 2.24) is 9.88 Å². The number of amides is 1. The number of rotatable bonds is 8. The Morgan fingerprint density at radius 1 is 1.21 bits per heavy atom. The minimum absolute atomic E-state index is 0.0190. The van der Waals surface area contributed by atoms with Crippen molar-refractivity contribution < 1.29 is 9.53 Å². The molecule has 0 saturated heterocycles. The number of carbonyl (C=O) groups is 1. The third-order valence-corrected chi connectivity index (χ3v) is 5.61. The molecule has 6 heteroatoms. The van der Waals surface area contributed by atoms with E-state index in [-0.39, 0.29) is 5.91 Å². The molecule has 0 spiro atoms. The molecule has 0 fully saturated rings. The smallest absolute Gasteiger partial charge is 0.254 e. The highest BCUT2D eigenvalue weighted by Gasteiger charge is 2.19. The first-order valence-corrected chi connectivity index (χ1v) is 11.3. The van der Waals surface area contributed by atoms with Gasteiger partial charge in [0.1, 0.15) is 17.4 Å². The summed E-state index contributed by atoms with van der Waals surface area (Å²) < 4.78 is 6.75. The first-order valence-electron chi connectivity index (χ1n) is 9.58. The molecule has 0 saturated carbocycles. The van der Waals surface area contributed by atoms with E-state index in [0.29, 0.717) is 31.2 Å². The molecule has 1 heterocycles. The lowest BCUT2D eigenvalue weighted by molar-refractivity contribution is 0.0720. The fourth-order valence-corrected chi connectivity index (χ4v) is 4.09.